The third-order valence-corrected chi connectivity index (χ3v) is 1.87. The minimum atomic E-state index is 0.613. The van der Waals surface area contributed by atoms with Gasteiger partial charge < -0.3 is 0 Å². The molecule has 0 aromatic rings. The first-order chi connectivity index (χ1) is 6.41. The number of aliphatic imine (C=N–C) groups is 1. The number of hydrogen-bond acceptors (Lipinski definition) is 3. The van der Waals surface area contributed by atoms with Crippen LogP contribution in [-0.2, 0) is 4.79 Å². The summed E-state index contributed by atoms with van der Waals surface area (Å²) in [7, 11) is 0. The fourth-order valence-corrected chi connectivity index (χ4v) is 1.15. The lowest BCUT2D eigenvalue weighted by molar-refractivity contribution is 0.560. The minimum absolute atomic E-state index is 0.613. The molecule has 0 unspecified atom stereocenters. The number of unbranched alkanes of at least 4 members (excludes halogenated alkanes) is 6. The van der Waals surface area contributed by atoms with E-state index in [2.05, 4.69) is 11.1 Å². The Morgan fingerprint density at radius 1 is 1.00 bits per heavy atom. The molecule has 0 aliphatic heterocycles. The molecule has 0 aromatic heterocycles. The van der Waals surface area contributed by atoms with Crippen molar-refractivity contribution in [2.24, 2.45) is 4.99 Å². The summed E-state index contributed by atoms with van der Waals surface area (Å²) in [5.41, 5.74) is 0. The summed E-state index contributed by atoms with van der Waals surface area (Å²) in [5, 5.41) is 8.27. The van der Waals surface area contributed by atoms with E-state index in [0.29, 0.717) is 13.0 Å². The molecular formula is C10H16N2O. The Balaban J connectivity index is 2.92. The maximum Gasteiger partial charge on any atom is 0.234 e. The second-order valence-corrected chi connectivity index (χ2v) is 3.00. The number of hydrogen-bond donors (Lipinski definition) is 0. The summed E-state index contributed by atoms with van der Waals surface area (Å²) < 4.78 is 0. The van der Waals surface area contributed by atoms with E-state index in [-0.39, 0.29) is 0 Å². The van der Waals surface area contributed by atoms with E-state index in [1.165, 1.54) is 18.9 Å². The Bertz CT molecular complexity index is 190. The third-order valence-electron chi connectivity index (χ3n) is 1.87. The molecule has 0 N–H and O–H groups in total. The van der Waals surface area contributed by atoms with Gasteiger partial charge in [0.1, 0.15) is 0 Å². The summed E-state index contributed by atoms with van der Waals surface area (Å²) in [5.74, 6) is 0. The Morgan fingerprint density at radius 2 is 1.62 bits per heavy atom. The molecule has 3 heteroatoms. The van der Waals surface area contributed by atoms with Crippen LogP contribution in [0.4, 0.5) is 0 Å². The van der Waals surface area contributed by atoms with Crippen molar-refractivity contribution < 1.29 is 4.79 Å². The monoisotopic (exact) mass is 180 g/mol. The van der Waals surface area contributed by atoms with Gasteiger partial charge in [-0.05, 0) is 12.8 Å². The molecule has 0 heterocycles. The van der Waals surface area contributed by atoms with E-state index in [1.54, 1.807) is 0 Å². The van der Waals surface area contributed by atoms with Crippen molar-refractivity contribution in [2.75, 3.05) is 6.54 Å². The molecule has 0 spiro atoms. The van der Waals surface area contributed by atoms with Crippen molar-refractivity contribution in [1.29, 1.82) is 5.26 Å². The lowest BCUT2D eigenvalue weighted by Gasteiger charge is -1.97. The summed E-state index contributed by atoms with van der Waals surface area (Å²) in [6.07, 6.45) is 8.83. The van der Waals surface area contributed by atoms with Gasteiger partial charge in [-0.2, -0.15) is 5.26 Å². The minimum Gasteiger partial charge on any atom is -0.211 e. The Hall–Kier alpha value is -1.13. The fourth-order valence-electron chi connectivity index (χ4n) is 1.15. The van der Waals surface area contributed by atoms with Gasteiger partial charge in [0.15, 0.2) is 0 Å². The largest absolute Gasteiger partial charge is 0.234 e. The lowest BCUT2D eigenvalue weighted by Crippen LogP contribution is -1.82. The van der Waals surface area contributed by atoms with Crippen LogP contribution < -0.4 is 0 Å². The number of rotatable bonds is 8. The molecule has 0 aliphatic carbocycles. The molecule has 0 amide bonds. The van der Waals surface area contributed by atoms with Crippen molar-refractivity contribution >= 4 is 6.08 Å². The molecule has 13 heavy (non-hydrogen) atoms. The fraction of sp³-hybridized carbons (Fsp3) is 0.800. The first-order valence-electron chi connectivity index (χ1n) is 4.82. The van der Waals surface area contributed by atoms with Crippen LogP contribution in [0, 0.1) is 11.3 Å². The van der Waals surface area contributed by atoms with Crippen LogP contribution in [0.2, 0.25) is 0 Å². The zero-order chi connectivity index (χ0) is 9.78. The Kier molecular flexibility index (Phi) is 9.93. The van der Waals surface area contributed by atoms with E-state index in [0.717, 1.165) is 25.7 Å². The van der Waals surface area contributed by atoms with Crippen LogP contribution in [0.1, 0.15) is 44.9 Å². The van der Waals surface area contributed by atoms with Gasteiger partial charge in [0.05, 0.1) is 12.6 Å². The van der Waals surface area contributed by atoms with E-state index < -0.39 is 0 Å². The highest BCUT2D eigenvalue weighted by molar-refractivity contribution is 5.32. The summed E-state index contributed by atoms with van der Waals surface area (Å²) in [4.78, 5) is 13.2. The molecule has 0 bridgehead atoms. The molecule has 72 valence electrons. The SMILES string of the molecule is N#CCCCCCCCCN=C=O. The van der Waals surface area contributed by atoms with E-state index in [9.17, 15) is 4.79 Å². The van der Waals surface area contributed by atoms with Crippen LogP contribution in [0.15, 0.2) is 4.99 Å². The molecule has 0 rings (SSSR count). The summed E-state index contributed by atoms with van der Waals surface area (Å²) in [6, 6.07) is 2.13. The van der Waals surface area contributed by atoms with Crippen molar-refractivity contribution in [2.45, 2.75) is 44.9 Å². The van der Waals surface area contributed by atoms with Crippen molar-refractivity contribution in [3.63, 3.8) is 0 Å². The van der Waals surface area contributed by atoms with Crippen molar-refractivity contribution in [1.82, 2.24) is 0 Å². The molecule has 0 aromatic carbocycles. The molecule has 3 nitrogen and oxygen atoms in total. The Morgan fingerprint density at radius 3 is 2.23 bits per heavy atom. The van der Waals surface area contributed by atoms with Gasteiger partial charge in [-0.15, -0.1) is 0 Å². The quantitative estimate of drug-likeness (QED) is 0.327. The predicted molar refractivity (Wildman–Crippen MR) is 50.9 cm³/mol. The number of nitriles is 1. The zero-order valence-electron chi connectivity index (χ0n) is 7.96. The van der Waals surface area contributed by atoms with Gasteiger partial charge >= 0.3 is 0 Å². The third kappa shape index (κ3) is 10.9. The van der Waals surface area contributed by atoms with Gasteiger partial charge in [-0.25, -0.2) is 9.79 Å². The standard InChI is InChI=1S/C10H16N2O/c11-8-6-4-2-1-3-5-7-9-12-10-13/h1-7,9H2. The highest BCUT2D eigenvalue weighted by Gasteiger charge is 1.90. The average Bonchev–Trinajstić information content (AvgIpc) is 2.16. The summed E-state index contributed by atoms with van der Waals surface area (Å²) in [6.45, 7) is 0.613. The molecule has 0 fully saturated rings. The second kappa shape index (κ2) is 10.9. The highest BCUT2D eigenvalue weighted by atomic mass is 16.1. The van der Waals surface area contributed by atoms with Gasteiger partial charge in [0.2, 0.25) is 6.08 Å². The van der Waals surface area contributed by atoms with Crippen LogP contribution in [0.5, 0.6) is 0 Å². The average molecular weight is 180 g/mol. The molecule has 0 saturated carbocycles. The summed E-state index contributed by atoms with van der Waals surface area (Å²) >= 11 is 0. The maximum atomic E-state index is 9.69. The van der Waals surface area contributed by atoms with Crippen LogP contribution in [0.25, 0.3) is 0 Å². The van der Waals surface area contributed by atoms with Crippen LogP contribution >= 0.6 is 0 Å². The topological polar surface area (TPSA) is 53.2 Å². The first-order valence-corrected chi connectivity index (χ1v) is 4.82. The second-order valence-electron chi connectivity index (χ2n) is 3.00. The van der Waals surface area contributed by atoms with Gasteiger partial charge in [0, 0.05) is 6.42 Å². The maximum absolute atomic E-state index is 9.69. The molecule has 0 atom stereocenters. The lowest BCUT2D eigenvalue weighted by atomic mass is 10.1. The smallest absolute Gasteiger partial charge is 0.211 e. The molecular weight excluding hydrogens is 164 g/mol. The highest BCUT2D eigenvalue weighted by Crippen LogP contribution is 2.06. The molecule has 0 saturated heterocycles. The molecule has 0 radical (unpaired) electrons. The first kappa shape index (κ1) is 11.9. The van der Waals surface area contributed by atoms with Gasteiger partial charge in [-0.1, -0.05) is 25.7 Å². The van der Waals surface area contributed by atoms with Crippen LogP contribution in [0.3, 0.4) is 0 Å². The van der Waals surface area contributed by atoms with Crippen LogP contribution in [-0.4, -0.2) is 12.6 Å². The van der Waals surface area contributed by atoms with E-state index in [4.69, 9.17) is 5.26 Å². The predicted octanol–water partition coefficient (Wildman–Crippen LogP) is 2.58. The van der Waals surface area contributed by atoms with Gasteiger partial charge in [-0.3, -0.25) is 0 Å². The zero-order valence-corrected chi connectivity index (χ0v) is 7.96. The van der Waals surface area contributed by atoms with E-state index in [1.807, 2.05) is 0 Å². The Labute approximate surface area is 79.5 Å². The molecule has 0 aliphatic rings. The number of isocyanates is 1. The van der Waals surface area contributed by atoms with Crippen molar-refractivity contribution in [3.05, 3.63) is 0 Å². The van der Waals surface area contributed by atoms with Crippen molar-refractivity contribution in [3.8, 4) is 6.07 Å². The normalized spacial score (nSPS) is 8.85. The van der Waals surface area contributed by atoms with E-state index >= 15 is 0 Å². The number of carbonyl (C=O) groups excluding carboxylic acids is 1. The number of nitrogens with zero attached hydrogens (tertiary/aromatic N) is 2. The van der Waals surface area contributed by atoms with Gasteiger partial charge in [0.25, 0.3) is 0 Å².